The molecule has 1 spiro atoms. The van der Waals surface area contributed by atoms with E-state index in [0.29, 0.717) is 23.8 Å². The van der Waals surface area contributed by atoms with Crippen molar-refractivity contribution < 1.29 is 9.59 Å². The molecule has 1 aromatic heterocycles. The highest BCUT2D eigenvalue weighted by molar-refractivity contribution is 9.10. The number of halogens is 2. The number of thiazole rings is 1. The van der Waals surface area contributed by atoms with Crippen LogP contribution < -0.4 is 4.90 Å². The second-order valence-corrected chi connectivity index (χ2v) is 9.74. The molecule has 0 radical (unpaired) electrons. The van der Waals surface area contributed by atoms with Crippen molar-refractivity contribution in [2.45, 2.75) is 31.6 Å². The summed E-state index contributed by atoms with van der Waals surface area (Å²) in [6.07, 6.45) is 3.20. The Balaban J connectivity index is 1.64. The summed E-state index contributed by atoms with van der Waals surface area (Å²) in [4.78, 5) is 33.2. The Morgan fingerprint density at radius 2 is 2.15 bits per heavy atom. The van der Waals surface area contributed by atoms with Gasteiger partial charge >= 0.3 is 0 Å². The standard InChI is InChI=1S/C19H19BrClN3O2S/c1-2-17(25)23-6-5-19(10-23)11-24(14-4-3-12(20)7-13(14)19)18(26)8-16-22-9-15(21)27-16/h3-4,7,9H,2,5-6,8,10-11H2,1H3. The van der Waals surface area contributed by atoms with Gasteiger partial charge in [-0.2, -0.15) is 0 Å². The molecule has 5 nitrogen and oxygen atoms in total. The second-order valence-electron chi connectivity index (χ2n) is 7.08. The molecule has 1 fully saturated rings. The van der Waals surface area contributed by atoms with Gasteiger partial charge in [0.05, 0.1) is 12.6 Å². The molecule has 1 unspecified atom stereocenters. The molecule has 1 atom stereocenters. The molecule has 2 amide bonds. The minimum atomic E-state index is -0.194. The first kappa shape index (κ1) is 18.9. The van der Waals surface area contributed by atoms with E-state index in [0.717, 1.165) is 33.7 Å². The first-order valence-electron chi connectivity index (χ1n) is 8.90. The molecule has 4 rings (SSSR count). The zero-order valence-corrected chi connectivity index (χ0v) is 18.0. The van der Waals surface area contributed by atoms with Crippen LogP contribution in [-0.4, -0.2) is 41.3 Å². The maximum absolute atomic E-state index is 13.0. The molecule has 2 aromatic rings. The number of likely N-dealkylation sites (tertiary alicyclic amines) is 1. The summed E-state index contributed by atoms with van der Waals surface area (Å²) in [5, 5.41) is 0.721. The Morgan fingerprint density at radius 3 is 2.85 bits per heavy atom. The molecule has 0 N–H and O–H groups in total. The predicted octanol–water partition coefficient (Wildman–Crippen LogP) is 4.03. The summed E-state index contributed by atoms with van der Waals surface area (Å²) in [7, 11) is 0. The van der Waals surface area contributed by atoms with E-state index in [1.165, 1.54) is 11.3 Å². The maximum Gasteiger partial charge on any atom is 0.233 e. The van der Waals surface area contributed by atoms with E-state index in [-0.39, 0.29) is 23.7 Å². The molecule has 3 heterocycles. The third kappa shape index (κ3) is 3.41. The minimum absolute atomic E-state index is 0.0155. The fourth-order valence-corrected chi connectivity index (χ4v) is 5.42. The van der Waals surface area contributed by atoms with Crippen LogP contribution in [0.5, 0.6) is 0 Å². The highest BCUT2D eigenvalue weighted by Crippen LogP contribution is 2.47. The van der Waals surface area contributed by atoms with E-state index >= 15 is 0 Å². The quantitative estimate of drug-likeness (QED) is 0.683. The van der Waals surface area contributed by atoms with E-state index < -0.39 is 0 Å². The molecule has 0 bridgehead atoms. The van der Waals surface area contributed by atoms with E-state index in [1.807, 2.05) is 28.9 Å². The lowest BCUT2D eigenvalue weighted by Crippen LogP contribution is -2.40. The number of fused-ring (bicyclic) bond motifs is 2. The Labute approximate surface area is 175 Å². The molecule has 2 aliphatic heterocycles. The average molecular weight is 469 g/mol. The molecular weight excluding hydrogens is 450 g/mol. The molecule has 0 saturated carbocycles. The topological polar surface area (TPSA) is 53.5 Å². The van der Waals surface area contributed by atoms with Gasteiger partial charge < -0.3 is 9.80 Å². The van der Waals surface area contributed by atoms with Crippen molar-refractivity contribution in [3.8, 4) is 0 Å². The van der Waals surface area contributed by atoms with Gasteiger partial charge in [-0.15, -0.1) is 11.3 Å². The van der Waals surface area contributed by atoms with Gasteiger partial charge in [-0.25, -0.2) is 4.98 Å². The van der Waals surface area contributed by atoms with Crippen LogP contribution in [0.3, 0.4) is 0 Å². The van der Waals surface area contributed by atoms with Crippen LogP contribution in [0.25, 0.3) is 0 Å². The van der Waals surface area contributed by atoms with Crippen molar-refractivity contribution in [1.29, 1.82) is 0 Å². The Bertz CT molecular complexity index is 918. The van der Waals surface area contributed by atoms with Crippen molar-refractivity contribution in [3.63, 3.8) is 0 Å². The average Bonchev–Trinajstić information content (AvgIpc) is 3.34. The van der Waals surface area contributed by atoms with E-state index in [1.54, 1.807) is 6.20 Å². The van der Waals surface area contributed by atoms with Gasteiger partial charge in [0, 0.05) is 41.6 Å². The number of aromatic nitrogens is 1. The minimum Gasteiger partial charge on any atom is -0.342 e. The number of rotatable bonds is 3. The molecule has 1 saturated heterocycles. The Hall–Kier alpha value is -1.44. The van der Waals surface area contributed by atoms with Crippen molar-refractivity contribution >= 4 is 56.4 Å². The lowest BCUT2D eigenvalue weighted by atomic mass is 9.81. The van der Waals surface area contributed by atoms with Crippen LogP contribution in [0.4, 0.5) is 5.69 Å². The Morgan fingerprint density at radius 1 is 1.33 bits per heavy atom. The number of hydrogen-bond acceptors (Lipinski definition) is 4. The van der Waals surface area contributed by atoms with Crippen LogP contribution in [-0.2, 0) is 21.4 Å². The second kappa shape index (κ2) is 7.18. The number of benzene rings is 1. The molecule has 0 aliphatic carbocycles. The fraction of sp³-hybridized carbons (Fsp3) is 0.421. The van der Waals surface area contributed by atoms with Crippen LogP contribution in [0.2, 0.25) is 4.34 Å². The number of carbonyl (C=O) groups excluding carboxylic acids is 2. The zero-order chi connectivity index (χ0) is 19.2. The number of hydrogen-bond donors (Lipinski definition) is 0. The smallest absolute Gasteiger partial charge is 0.233 e. The number of anilines is 1. The van der Waals surface area contributed by atoms with Gasteiger partial charge in [0.15, 0.2) is 0 Å². The number of nitrogens with zero attached hydrogens (tertiary/aromatic N) is 3. The van der Waals surface area contributed by atoms with Crippen molar-refractivity contribution in [2.75, 3.05) is 24.5 Å². The highest BCUT2D eigenvalue weighted by atomic mass is 79.9. The maximum atomic E-state index is 13.0. The third-order valence-electron chi connectivity index (χ3n) is 5.42. The molecule has 142 valence electrons. The van der Waals surface area contributed by atoms with Gasteiger partial charge in [0.25, 0.3) is 0 Å². The molecule has 27 heavy (non-hydrogen) atoms. The van der Waals surface area contributed by atoms with Crippen molar-refractivity contribution in [1.82, 2.24) is 9.88 Å². The van der Waals surface area contributed by atoms with Crippen molar-refractivity contribution in [2.24, 2.45) is 0 Å². The molecule has 1 aromatic carbocycles. The predicted molar refractivity (Wildman–Crippen MR) is 110 cm³/mol. The van der Waals surface area contributed by atoms with Gasteiger partial charge in [0.2, 0.25) is 11.8 Å². The largest absolute Gasteiger partial charge is 0.342 e. The lowest BCUT2D eigenvalue weighted by Gasteiger charge is -2.25. The van der Waals surface area contributed by atoms with E-state index in [4.69, 9.17) is 11.6 Å². The summed E-state index contributed by atoms with van der Waals surface area (Å²) in [6.45, 7) is 3.89. The fourth-order valence-electron chi connectivity index (χ4n) is 4.12. The summed E-state index contributed by atoms with van der Waals surface area (Å²) in [6, 6.07) is 6.05. The summed E-state index contributed by atoms with van der Waals surface area (Å²) >= 11 is 10.8. The summed E-state index contributed by atoms with van der Waals surface area (Å²) in [5.41, 5.74) is 1.89. The van der Waals surface area contributed by atoms with Gasteiger partial charge in [-0.3, -0.25) is 9.59 Å². The number of amides is 2. The SMILES string of the molecule is CCC(=O)N1CCC2(C1)CN(C(=O)Cc1ncc(Cl)s1)c1ccc(Br)cc12. The molecule has 2 aliphatic rings. The molecular formula is C19H19BrClN3O2S. The first-order valence-corrected chi connectivity index (χ1v) is 10.9. The molecule has 8 heteroatoms. The highest BCUT2D eigenvalue weighted by Gasteiger charge is 2.49. The van der Waals surface area contributed by atoms with E-state index in [2.05, 4.69) is 27.0 Å². The van der Waals surface area contributed by atoms with Gasteiger partial charge in [-0.05, 0) is 30.2 Å². The zero-order valence-electron chi connectivity index (χ0n) is 14.9. The van der Waals surface area contributed by atoms with Crippen LogP contribution in [0.15, 0.2) is 28.9 Å². The van der Waals surface area contributed by atoms with Gasteiger partial charge in [0.1, 0.15) is 9.34 Å². The van der Waals surface area contributed by atoms with Crippen LogP contribution in [0, 0.1) is 0 Å². The normalized spacial score (nSPS) is 21.1. The lowest BCUT2D eigenvalue weighted by molar-refractivity contribution is -0.129. The summed E-state index contributed by atoms with van der Waals surface area (Å²) < 4.78 is 1.58. The van der Waals surface area contributed by atoms with Crippen molar-refractivity contribution in [3.05, 3.63) is 43.8 Å². The Kier molecular flexibility index (Phi) is 5.03. The summed E-state index contributed by atoms with van der Waals surface area (Å²) in [5.74, 6) is 0.187. The first-order chi connectivity index (χ1) is 12.9. The van der Waals surface area contributed by atoms with E-state index in [9.17, 15) is 9.59 Å². The van der Waals surface area contributed by atoms with Crippen LogP contribution in [0.1, 0.15) is 30.3 Å². The van der Waals surface area contributed by atoms with Crippen LogP contribution >= 0.6 is 38.9 Å². The monoisotopic (exact) mass is 467 g/mol. The number of carbonyl (C=O) groups is 2. The van der Waals surface area contributed by atoms with Gasteiger partial charge in [-0.1, -0.05) is 34.5 Å². The third-order valence-corrected chi connectivity index (χ3v) is 7.03.